The van der Waals surface area contributed by atoms with Gasteiger partial charge in [-0.25, -0.2) is 9.97 Å². The number of hydrogen-bond donors (Lipinski definition) is 1. The summed E-state index contributed by atoms with van der Waals surface area (Å²) in [7, 11) is 0. The zero-order chi connectivity index (χ0) is 20.6. The third-order valence-corrected chi connectivity index (χ3v) is 4.69. The number of nitriles is 1. The Hall–Kier alpha value is -3.39. The smallest absolute Gasteiger partial charge is 0.173 e. The molecule has 1 aromatic heterocycles. The van der Waals surface area contributed by atoms with Crippen LogP contribution in [0, 0.1) is 17.2 Å². The van der Waals surface area contributed by atoms with Gasteiger partial charge in [-0.3, -0.25) is 0 Å². The highest BCUT2D eigenvalue weighted by Gasteiger charge is 2.18. The van der Waals surface area contributed by atoms with Gasteiger partial charge in [0.1, 0.15) is 17.7 Å². The average molecular weight is 386 g/mol. The van der Waals surface area contributed by atoms with Gasteiger partial charge in [0.25, 0.3) is 0 Å². The van der Waals surface area contributed by atoms with Gasteiger partial charge < -0.3 is 10.1 Å². The van der Waals surface area contributed by atoms with Crippen LogP contribution in [0.15, 0.2) is 60.5 Å². The Morgan fingerprint density at radius 3 is 2.59 bits per heavy atom. The minimum atomic E-state index is 0.0617. The maximum atomic E-state index is 9.26. The zero-order valence-corrected chi connectivity index (χ0v) is 17.1. The molecule has 1 aromatic carbocycles. The topological polar surface area (TPSA) is 70.8 Å². The van der Waals surface area contributed by atoms with Crippen LogP contribution in [0.3, 0.4) is 0 Å². The number of nitrogens with one attached hydrogen (secondary N) is 1. The number of benzene rings is 1. The molecule has 148 valence electrons. The maximum absolute atomic E-state index is 9.26. The Morgan fingerprint density at radius 2 is 1.90 bits per heavy atom. The van der Waals surface area contributed by atoms with Crippen LogP contribution in [0.2, 0.25) is 0 Å². The molecule has 1 aliphatic heterocycles. The molecule has 0 saturated carbocycles. The Bertz CT molecular complexity index is 981. The summed E-state index contributed by atoms with van der Waals surface area (Å²) in [5, 5.41) is 12.7. The second-order valence-corrected chi connectivity index (χ2v) is 6.84. The lowest BCUT2D eigenvalue weighted by molar-refractivity contribution is 0.337. The van der Waals surface area contributed by atoms with E-state index < -0.39 is 0 Å². The van der Waals surface area contributed by atoms with E-state index >= 15 is 0 Å². The summed E-state index contributed by atoms with van der Waals surface area (Å²) >= 11 is 0. The highest BCUT2D eigenvalue weighted by molar-refractivity contribution is 5.76. The van der Waals surface area contributed by atoms with Crippen molar-refractivity contribution in [2.45, 2.75) is 27.2 Å². The van der Waals surface area contributed by atoms with Crippen molar-refractivity contribution in [2.24, 2.45) is 5.92 Å². The van der Waals surface area contributed by atoms with Crippen LogP contribution in [0.25, 0.3) is 17.0 Å². The molecule has 0 bridgehead atoms. The van der Waals surface area contributed by atoms with Crippen molar-refractivity contribution in [1.82, 2.24) is 15.3 Å². The monoisotopic (exact) mass is 386 g/mol. The fraction of sp³-hybridized carbons (Fsp3) is 0.292. The highest BCUT2D eigenvalue weighted by atomic mass is 16.5. The molecule has 29 heavy (non-hydrogen) atoms. The molecule has 1 atom stereocenters. The standard InChI is InChI=1S/C24H26N4O/c1-4-18-8-10-20(11-9-18)22-24(29-5-2)23(28-16-27-22)21-14-17(3)13-19(15-25)7-6-12-26-21/h6-11,13-14,16-17,26H,4-5,12H2,1-3H3/b7-6-,19-13+,21-14-. The molecule has 1 N–H and O–H groups in total. The molecule has 2 aromatic rings. The van der Waals surface area contributed by atoms with Crippen LogP contribution in [0.5, 0.6) is 5.75 Å². The van der Waals surface area contributed by atoms with Crippen LogP contribution < -0.4 is 10.1 Å². The SMILES string of the molecule is CCOc1c(/C2=C/C(C)/C=C(C#N)\C=C/CN2)ncnc1-c1ccc(CC)cc1. The second-order valence-electron chi connectivity index (χ2n) is 6.84. The van der Waals surface area contributed by atoms with Gasteiger partial charge in [0, 0.05) is 17.7 Å². The minimum Gasteiger partial charge on any atom is -0.489 e. The lowest BCUT2D eigenvalue weighted by atomic mass is 10.0. The number of aryl methyl sites for hydroxylation is 1. The first kappa shape index (κ1) is 20.3. The molecule has 1 aliphatic rings. The van der Waals surface area contributed by atoms with E-state index in [1.54, 1.807) is 6.33 Å². The van der Waals surface area contributed by atoms with E-state index in [2.05, 4.69) is 58.6 Å². The van der Waals surface area contributed by atoms with Crippen LogP contribution >= 0.6 is 0 Å². The molecular formula is C24H26N4O. The second kappa shape index (κ2) is 9.70. The number of ether oxygens (including phenoxy) is 1. The van der Waals surface area contributed by atoms with Crippen LogP contribution in [-0.2, 0) is 6.42 Å². The fourth-order valence-corrected chi connectivity index (χ4v) is 3.25. The fourth-order valence-electron chi connectivity index (χ4n) is 3.25. The highest BCUT2D eigenvalue weighted by Crippen LogP contribution is 2.34. The zero-order valence-electron chi connectivity index (χ0n) is 17.1. The van der Waals surface area contributed by atoms with Crippen molar-refractivity contribution in [3.63, 3.8) is 0 Å². The lowest BCUT2D eigenvalue weighted by Crippen LogP contribution is -2.15. The van der Waals surface area contributed by atoms with Crippen molar-refractivity contribution in [2.75, 3.05) is 13.2 Å². The van der Waals surface area contributed by atoms with E-state index in [0.717, 1.165) is 29.1 Å². The molecule has 5 heteroatoms. The van der Waals surface area contributed by atoms with E-state index in [4.69, 9.17) is 4.74 Å². The Kier molecular flexibility index (Phi) is 6.80. The summed E-state index contributed by atoms with van der Waals surface area (Å²) in [6.07, 6.45) is 10.4. The van der Waals surface area contributed by atoms with Gasteiger partial charge in [-0.05, 0) is 30.9 Å². The van der Waals surface area contributed by atoms with Gasteiger partial charge in [0.05, 0.1) is 18.4 Å². The molecule has 3 rings (SSSR count). The van der Waals surface area contributed by atoms with Gasteiger partial charge >= 0.3 is 0 Å². The summed E-state index contributed by atoms with van der Waals surface area (Å²) in [5.41, 5.74) is 5.31. The minimum absolute atomic E-state index is 0.0617. The lowest BCUT2D eigenvalue weighted by Gasteiger charge is -2.17. The van der Waals surface area contributed by atoms with Crippen molar-refractivity contribution in [3.8, 4) is 23.1 Å². The van der Waals surface area contributed by atoms with E-state index in [1.807, 2.05) is 32.1 Å². The van der Waals surface area contributed by atoms with Crippen LogP contribution in [0.4, 0.5) is 0 Å². The first-order valence-electron chi connectivity index (χ1n) is 9.97. The van der Waals surface area contributed by atoms with Crippen molar-refractivity contribution in [1.29, 1.82) is 5.26 Å². The maximum Gasteiger partial charge on any atom is 0.173 e. The van der Waals surface area contributed by atoms with Crippen molar-refractivity contribution < 1.29 is 4.74 Å². The average Bonchev–Trinajstić information content (AvgIpc) is 2.84. The Labute approximate surface area is 172 Å². The summed E-state index contributed by atoms with van der Waals surface area (Å²) < 4.78 is 6.02. The van der Waals surface area contributed by atoms with Crippen LogP contribution in [0.1, 0.15) is 32.0 Å². The summed E-state index contributed by atoms with van der Waals surface area (Å²) in [5.74, 6) is 0.726. The number of nitrogens with zero attached hydrogens (tertiary/aromatic N) is 3. The van der Waals surface area contributed by atoms with E-state index in [-0.39, 0.29) is 5.92 Å². The molecule has 1 unspecified atom stereocenters. The summed E-state index contributed by atoms with van der Waals surface area (Å²) in [4.78, 5) is 9.06. The van der Waals surface area contributed by atoms with E-state index in [0.29, 0.717) is 24.5 Å². The number of allylic oxidation sites excluding steroid dienone is 4. The van der Waals surface area contributed by atoms with Gasteiger partial charge in [-0.1, -0.05) is 56.3 Å². The third kappa shape index (κ3) is 4.91. The van der Waals surface area contributed by atoms with Gasteiger partial charge in [-0.2, -0.15) is 5.26 Å². The third-order valence-electron chi connectivity index (χ3n) is 4.69. The predicted molar refractivity (Wildman–Crippen MR) is 116 cm³/mol. The molecule has 0 saturated heterocycles. The molecule has 5 nitrogen and oxygen atoms in total. The largest absolute Gasteiger partial charge is 0.489 e. The molecule has 0 aliphatic carbocycles. The Morgan fingerprint density at radius 1 is 1.14 bits per heavy atom. The number of rotatable bonds is 5. The van der Waals surface area contributed by atoms with Gasteiger partial charge in [-0.15, -0.1) is 0 Å². The summed E-state index contributed by atoms with van der Waals surface area (Å²) in [6.45, 7) is 7.25. The first-order chi connectivity index (χ1) is 14.2. The van der Waals surface area contributed by atoms with Gasteiger partial charge in [0.15, 0.2) is 5.75 Å². The molecule has 0 radical (unpaired) electrons. The van der Waals surface area contributed by atoms with Crippen molar-refractivity contribution >= 4 is 5.70 Å². The van der Waals surface area contributed by atoms with Crippen molar-refractivity contribution in [3.05, 3.63) is 71.7 Å². The summed E-state index contributed by atoms with van der Waals surface area (Å²) in [6, 6.07) is 10.6. The molecular weight excluding hydrogens is 360 g/mol. The molecule has 0 amide bonds. The predicted octanol–water partition coefficient (Wildman–Crippen LogP) is 4.69. The van der Waals surface area contributed by atoms with E-state index in [9.17, 15) is 5.26 Å². The van der Waals surface area contributed by atoms with Gasteiger partial charge in [0.2, 0.25) is 0 Å². The normalized spacial score (nSPS) is 21.1. The molecule has 0 spiro atoms. The van der Waals surface area contributed by atoms with E-state index in [1.165, 1.54) is 5.56 Å². The first-order valence-corrected chi connectivity index (χ1v) is 9.97. The Balaban J connectivity index is 2.08. The molecule has 2 heterocycles. The number of aromatic nitrogens is 2. The number of hydrogen-bond acceptors (Lipinski definition) is 5. The molecule has 0 fully saturated rings. The quantitative estimate of drug-likeness (QED) is 0.807. The van der Waals surface area contributed by atoms with Crippen LogP contribution in [-0.4, -0.2) is 23.1 Å².